The summed E-state index contributed by atoms with van der Waals surface area (Å²) in [5, 5.41) is 3.52. The SMILES string of the molecule is Cc1cc(Cl)ccc1NC(=O)c1cc(S(=O)(=O)N2CCCCC2)ccc1Cl. The normalized spacial score (nSPS) is 15.5. The number of aryl methyl sites for hydroxylation is 1. The van der Waals surface area contributed by atoms with Crippen LogP contribution in [0.25, 0.3) is 0 Å². The van der Waals surface area contributed by atoms with Gasteiger partial charge in [0.15, 0.2) is 0 Å². The number of hydrogen-bond acceptors (Lipinski definition) is 3. The van der Waals surface area contributed by atoms with Crippen LogP contribution in [0.5, 0.6) is 0 Å². The van der Waals surface area contributed by atoms with Gasteiger partial charge in [0.2, 0.25) is 10.0 Å². The maximum Gasteiger partial charge on any atom is 0.257 e. The lowest BCUT2D eigenvalue weighted by atomic mass is 10.1. The fourth-order valence-electron chi connectivity index (χ4n) is 3.05. The molecule has 2 aromatic carbocycles. The summed E-state index contributed by atoms with van der Waals surface area (Å²) in [5.41, 5.74) is 1.50. The van der Waals surface area contributed by atoms with Gasteiger partial charge in [-0.15, -0.1) is 0 Å². The Morgan fingerprint density at radius 3 is 2.41 bits per heavy atom. The molecule has 0 bridgehead atoms. The summed E-state index contributed by atoms with van der Waals surface area (Å²) in [6, 6.07) is 9.32. The van der Waals surface area contributed by atoms with E-state index in [0.29, 0.717) is 23.8 Å². The molecule has 0 spiro atoms. The Morgan fingerprint density at radius 1 is 1.04 bits per heavy atom. The standard InChI is InChI=1S/C19H20Cl2N2O3S/c1-13-11-14(20)5-8-18(13)22-19(24)16-12-15(6-7-17(16)21)27(25,26)23-9-3-2-4-10-23/h5-8,11-12H,2-4,9-10H2,1H3,(H,22,24). The summed E-state index contributed by atoms with van der Waals surface area (Å²) in [6.07, 6.45) is 2.72. The molecule has 3 rings (SSSR count). The number of halogens is 2. The number of carbonyl (C=O) groups is 1. The first kappa shape index (κ1) is 20.1. The van der Waals surface area contributed by atoms with Gasteiger partial charge in [-0.05, 0) is 61.7 Å². The second-order valence-electron chi connectivity index (χ2n) is 6.52. The number of carbonyl (C=O) groups excluding carboxylic acids is 1. The van der Waals surface area contributed by atoms with E-state index in [2.05, 4.69) is 5.32 Å². The summed E-state index contributed by atoms with van der Waals surface area (Å²) in [7, 11) is -3.64. The van der Waals surface area contributed by atoms with Crippen molar-refractivity contribution in [3.8, 4) is 0 Å². The molecule has 2 aromatic rings. The van der Waals surface area contributed by atoms with Gasteiger partial charge in [0.25, 0.3) is 5.91 Å². The minimum Gasteiger partial charge on any atom is -0.322 e. The highest BCUT2D eigenvalue weighted by Gasteiger charge is 2.27. The third-order valence-electron chi connectivity index (χ3n) is 4.57. The highest BCUT2D eigenvalue weighted by atomic mass is 35.5. The predicted octanol–water partition coefficient (Wildman–Crippen LogP) is 4.73. The number of nitrogens with zero attached hydrogens (tertiary/aromatic N) is 1. The second kappa shape index (κ2) is 8.19. The zero-order chi connectivity index (χ0) is 19.6. The number of nitrogens with one attached hydrogen (secondary N) is 1. The zero-order valence-corrected chi connectivity index (χ0v) is 17.2. The van der Waals surface area contributed by atoms with Crippen LogP contribution in [0.3, 0.4) is 0 Å². The Labute approximate surface area is 169 Å². The molecular formula is C19H20Cl2N2O3S. The first-order valence-electron chi connectivity index (χ1n) is 8.66. The van der Waals surface area contributed by atoms with Gasteiger partial charge < -0.3 is 5.32 Å². The van der Waals surface area contributed by atoms with Gasteiger partial charge in [-0.2, -0.15) is 4.31 Å². The van der Waals surface area contributed by atoms with Gasteiger partial charge in [-0.1, -0.05) is 29.6 Å². The summed E-state index contributed by atoms with van der Waals surface area (Å²) >= 11 is 12.1. The van der Waals surface area contributed by atoms with E-state index in [0.717, 1.165) is 24.8 Å². The van der Waals surface area contributed by atoms with Crippen LogP contribution in [0.15, 0.2) is 41.3 Å². The molecule has 1 aliphatic heterocycles. The number of benzene rings is 2. The van der Waals surface area contributed by atoms with Gasteiger partial charge in [0, 0.05) is 23.8 Å². The van der Waals surface area contributed by atoms with E-state index in [1.165, 1.54) is 22.5 Å². The molecule has 1 saturated heterocycles. The zero-order valence-electron chi connectivity index (χ0n) is 14.8. The van der Waals surface area contributed by atoms with Crippen LogP contribution in [0.4, 0.5) is 5.69 Å². The van der Waals surface area contributed by atoms with Crippen molar-refractivity contribution in [1.82, 2.24) is 4.31 Å². The highest BCUT2D eigenvalue weighted by molar-refractivity contribution is 7.89. The molecule has 5 nitrogen and oxygen atoms in total. The average molecular weight is 427 g/mol. The van der Waals surface area contributed by atoms with Crippen LogP contribution >= 0.6 is 23.2 Å². The van der Waals surface area contributed by atoms with Crippen molar-refractivity contribution >= 4 is 44.8 Å². The topological polar surface area (TPSA) is 66.5 Å². The van der Waals surface area contributed by atoms with Crippen LogP contribution in [0.1, 0.15) is 35.2 Å². The Kier molecular flexibility index (Phi) is 6.11. The number of amides is 1. The first-order chi connectivity index (χ1) is 12.8. The molecule has 1 N–H and O–H groups in total. The monoisotopic (exact) mass is 426 g/mol. The Hall–Kier alpha value is -1.60. The fraction of sp³-hybridized carbons (Fsp3) is 0.316. The lowest BCUT2D eigenvalue weighted by molar-refractivity contribution is 0.102. The predicted molar refractivity (Wildman–Crippen MR) is 108 cm³/mol. The molecule has 0 atom stereocenters. The summed E-state index contributed by atoms with van der Waals surface area (Å²) in [6.45, 7) is 2.81. The first-order valence-corrected chi connectivity index (χ1v) is 10.9. The number of hydrogen-bond donors (Lipinski definition) is 1. The van der Waals surface area contributed by atoms with Crippen LogP contribution in [0.2, 0.25) is 10.0 Å². The van der Waals surface area contributed by atoms with Crippen LogP contribution in [-0.4, -0.2) is 31.7 Å². The molecule has 27 heavy (non-hydrogen) atoms. The highest BCUT2D eigenvalue weighted by Crippen LogP contribution is 2.27. The minimum absolute atomic E-state index is 0.0757. The van der Waals surface area contributed by atoms with Crippen LogP contribution in [-0.2, 0) is 10.0 Å². The minimum atomic E-state index is -3.64. The number of anilines is 1. The van der Waals surface area contributed by atoms with Crippen LogP contribution < -0.4 is 5.32 Å². The quantitative estimate of drug-likeness (QED) is 0.767. The molecular weight excluding hydrogens is 407 g/mol. The molecule has 0 aliphatic carbocycles. The molecule has 0 radical (unpaired) electrons. The van der Waals surface area contributed by atoms with Crippen molar-refractivity contribution in [3.63, 3.8) is 0 Å². The number of sulfonamides is 1. The molecule has 8 heteroatoms. The molecule has 144 valence electrons. The van der Waals surface area contributed by atoms with Crippen molar-refractivity contribution < 1.29 is 13.2 Å². The van der Waals surface area contributed by atoms with Gasteiger partial charge in [0.1, 0.15) is 0 Å². The third kappa shape index (κ3) is 4.46. The summed E-state index contributed by atoms with van der Waals surface area (Å²) < 4.78 is 27.2. The number of piperidine rings is 1. The van der Waals surface area contributed by atoms with E-state index in [1.807, 2.05) is 6.92 Å². The summed E-state index contributed by atoms with van der Waals surface area (Å²) in [5.74, 6) is -0.471. The Bertz CT molecular complexity index is 971. The van der Waals surface area contributed by atoms with Gasteiger partial charge in [0.05, 0.1) is 15.5 Å². The molecule has 1 fully saturated rings. The Morgan fingerprint density at radius 2 is 1.74 bits per heavy atom. The van der Waals surface area contributed by atoms with E-state index in [1.54, 1.807) is 18.2 Å². The number of rotatable bonds is 4. The fourth-order valence-corrected chi connectivity index (χ4v) is 5.02. The average Bonchev–Trinajstić information content (AvgIpc) is 2.65. The maximum atomic E-state index is 12.9. The second-order valence-corrected chi connectivity index (χ2v) is 9.30. The van der Waals surface area contributed by atoms with E-state index in [4.69, 9.17) is 23.2 Å². The van der Waals surface area contributed by atoms with Crippen LogP contribution in [0, 0.1) is 6.92 Å². The molecule has 0 aromatic heterocycles. The molecule has 0 saturated carbocycles. The molecule has 0 unspecified atom stereocenters. The van der Waals surface area contributed by atoms with Crippen molar-refractivity contribution in [3.05, 3.63) is 57.6 Å². The Balaban J connectivity index is 1.89. The summed E-state index contributed by atoms with van der Waals surface area (Å²) in [4.78, 5) is 12.8. The molecule has 1 amide bonds. The van der Waals surface area contributed by atoms with Gasteiger partial charge >= 0.3 is 0 Å². The molecule has 1 aliphatic rings. The molecule has 1 heterocycles. The van der Waals surface area contributed by atoms with Crippen molar-refractivity contribution in [2.24, 2.45) is 0 Å². The third-order valence-corrected chi connectivity index (χ3v) is 7.03. The maximum absolute atomic E-state index is 12.9. The van der Waals surface area contributed by atoms with Gasteiger partial charge in [-0.25, -0.2) is 8.42 Å². The van der Waals surface area contributed by atoms with Gasteiger partial charge in [-0.3, -0.25) is 4.79 Å². The lowest BCUT2D eigenvalue weighted by Crippen LogP contribution is -2.35. The van der Waals surface area contributed by atoms with Crippen molar-refractivity contribution in [1.29, 1.82) is 0 Å². The van der Waals surface area contributed by atoms with E-state index in [-0.39, 0.29) is 15.5 Å². The van der Waals surface area contributed by atoms with Crippen molar-refractivity contribution in [2.45, 2.75) is 31.1 Å². The van der Waals surface area contributed by atoms with E-state index < -0.39 is 15.9 Å². The largest absolute Gasteiger partial charge is 0.322 e. The smallest absolute Gasteiger partial charge is 0.257 e. The van der Waals surface area contributed by atoms with E-state index in [9.17, 15) is 13.2 Å². The van der Waals surface area contributed by atoms with Crippen molar-refractivity contribution in [2.75, 3.05) is 18.4 Å². The van der Waals surface area contributed by atoms with E-state index >= 15 is 0 Å². The lowest BCUT2D eigenvalue weighted by Gasteiger charge is -2.26.